The first-order chi connectivity index (χ1) is 16.4. The van der Waals surface area contributed by atoms with E-state index in [1.807, 2.05) is 38.1 Å². The molecular formula is C25H27N3O6. The molecule has 5 rings (SSSR count). The number of rotatable bonds is 4. The number of anilines is 1. The molecule has 0 fully saturated rings. The van der Waals surface area contributed by atoms with Gasteiger partial charge in [0, 0.05) is 22.9 Å². The highest BCUT2D eigenvalue weighted by atomic mass is 16.5. The largest absolute Gasteiger partial charge is 0.466 e. The number of carbonyl (C=O) groups is 2. The number of aliphatic hydroxyl groups excluding tert-OH is 1. The maximum absolute atomic E-state index is 13.2. The number of hydrogen-bond donors (Lipinski definition) is 2. The van der Waals surface area contributed by atoms with Crippen LogP contribution in [0.5, 0.6) is 0 Å². The molecular weight excluding hydrogens is 438 g/mol. The van der Waals surface area contributed by atoms with Crippen LogP contribution in [0.25, 0.3) is 22.3 Å². The average Bonchev–Trinajstić information content (AvgIpc) is 3.23. The quantitative estimate of drug-likeness (QED) is 0.439. The smallest absolute Gasteiger partial charge is 0.340 e. The summed E-state index contributed by atoms with van der Waals surface area (Å²) in [5.74, 6) is -1.14. The Labute approximate surface area is 196 Å². The van der Waals surface area contributed by atoms with E-state index in [1.54, 1.807) is 6.92 Å². The van der Waals surface area contributed by atoms with Crippen LogP contribution in [0.15, 0.2) is 29.1 Å². The molecule has 0 saturated carbocycles. The van der Waals surface area contributed by atoms with Crippen molar-refractivity contribution in [1.82, 2.24) is 9.55 Å². The van der Waals surface area contributed by atoms with Crippen molar-refractivity contribution in [1.29, 1.82) is 0 Å². The van der Waals surface area contributed by atoms with Gasteiger partial charge in [-0.2, -0.15) is 0 Å². The fourth-order valence-corrected chi connectivity index (χ4v) is 4.60. The van der Waals surface area contributed by atoms with Gasteiger partial charge in [0.05, 0.1) is 41.3 Å². The van der Waals surface area contributed by atoms with Crippen LogP contribution in [0.2, 0.25) is 0 Å². The van der Waals surface area contributed by atoms with Crippen LogP contribution in [-0.2, 0) is 38.6 Å². The number of benzene rings is 1. The zero-order valence-electron chi connectivity index (χ0n) is 19.4. The molecule has 3 aromatic rings. The fraction of sp³-hybridized carbons (Fsp3) is 0.360. The molecule has 178 valence electrons. The van der Waals surface area contributed by atoms with Crippen molar-refractivity contribution < 1.29 is 24.2 Å². The molecule has 0 bridgehead atoms. The minimum absolute atomic E-state index is 0.0911. The summed E-state index contributed by atoms with van der Waals surface area (Å²) in [7, 11) is 0. The van der Waals surface area contributed by atoms with Gasteiger partial charge in [-0.3, -0.25) is 9.59 Å². The lowest BCUT2D eigenvalue weighted by Crippen LogP contribution is -2.33. The van der Waals surface area contributed by atoms with Gasteiger partial charge in [-0.05, 0) is 25.0 Å². The Hall–Kier alpha value is -3.72. The molecule has 2 aliphatic heterocycles. The minimum atomic E-state index is -1.62. The molecule has 0 amide bonds. The van der Waals surface area contributed by atoms with E-state index in [0.29, 0.717) is 29.9 Å². The predicted molar refractivity (Wildman–Crippen MR) is 126 cm³/mol. The molecule has 9 nitrogen and oxygen atoms in total. The highest BCUT2D eigenvalue weighted by Crippen LogP contribution is 2.42. The molecule has 3 N–H and O–H groups in total. The summed E-state index contributed by atoms with van der Waals surface area (Å²) in [4.78, 5) is 41.9. The van der Waals surface area contributed by atoms with Crippen LogP contribution >= 0.6 is 0 Å². The second kappa shape index (κ2) is 9.26. The van der Waals surface area contributed by atoms with Gasteiger partial charge in [-0.25, -0.2) is 9.78 Å². The zero-order valence-corrected chi connectivity index (χ0v) is 19.4. The van der Waals surface area contributed by atoms with Gasteiger partial charge in [-0.15, -0.1) is 0 Å². The number of nitrogen functional groups attached to an aromatic ring is 1. The number of carbonyl (C=O) groups excluding carboxylic acids is 2. The lowest BCUT2D eigenvalue weighted by Gasteiger charge is -2.23. The van der Waals surface area contributed by atoms with Crippen LogP contribution in [0.4, 0.5) is 5.69 Å². The summed E-state index contributed by atoms with van der Waals surface area (Å²) in [5, 5.41) is 11.2. The standard InChI is InChI=1S/C23H21N3O6.C2H6/c1-2-31-16(27)8-7-11-12-5-3-4-6-15(12)25-19-13(11)9-26-20(19)18(24)17-14(22(26)29)10-32-23(30)21(17)28;1-2/h3-6,21,28H,2,7-10,24H2,1H3;1-2H3. The van der Waals surface area contributed by atoms with Crippen LogP contribution in [-0.4, -0.2) is 33.2 Å². The minimum Gasteiger partial charge on any atom is -0.466 e. The van der Waals surface area contributed by atoms with Crippen molar-refractivity contribution in [2.24, 2.45) is 0 Å². The summed E-state index contributed by atoms with van der Waals surface area (Å²) in [6.07, 6.45) is -1.02. The molecule has 2 aliphatic rings. The highest BCUT2D eigenvalue weighted by Gasteiger charge is 2.37. The zero-order chi connectivity index (χ0) is 24.6. The molecule has 1 atom stereocenters. The SMILES string of the molecule is CC.CCOC(=O)CCc1c2c(nc3ccccc13)-c1c(N)c3c(c(=O)n1C2)COC(=O)C3O. The fourth-order valence-electron chi connectivity index (χ4n) is 4.60. The maximum Gasteiger partial charge on any atom is 0.340 e. The lowest BCUT2D eigenvalue weighted by atomic mass is 9.95. The van der Waals surface area contributed by atoms with E-state index in [2.05, 4.69) is 0 Å². The number of ether oxygens (including phenoxy) is 2. The first-order valence-corrected chi connectivity index (χ1v) is 11.4. The third kappa shape index (κ3) is 3.62. The topological polar surface area (TPSA) is 134 Å². The number of fused-ring (bicyclic) bond motifs is 5. The maximum atomic E-state index is 13.2. The van der Waals surface area contributed by atoms with Crippen molar-refractivity contribution in [3.05, 3.63) is 56.9 Å². The number of aliphatic hydroxyl groups is 1. The lowest BCUT2D eigenvalue weighted by molar-refractivity contribution is -0.157. The number of cyclic esters (lactones) is 1. The van der Waals surface area contributed by atoms with Crippen molar-refractivity contribution >= 4 is 28.5 Å². The van der Waals surface area contributed by atoms with Crippen molar-refractivity contribution in [2.45, 2.75) is 52.9 Å². The van der Waals surface area contributed by atoms with Gasteiger partial charge < -0.3 is 24.9 Å². The van der Waals surface area contributed by atoms with Crippen molar-refractivity contribution in [2.75, 3.05) is 12.3 Å². The van der Waals surface area contributed by atoms with Gasteiger partial charge in [0.15, 0.2) is 6.10 Å². The van der Waals surface area contributed by atoms with E-state index in [1.165, 1.54) is 4.57 Å². The second-order valence-electron chi connectivity index (χ2n) is 7.80. The molecule has 0 spiro atoms. The first-order valence-electron chi connectivity index (χ1n) is 11.4. The van der Waals surface area contributed by atoms with Crippen LogP contribution in [0.1, 0.15) is 55.5 Å². The third-order valence-corrected chi connectivity index (χ3v) is 6.04. The van der Waals surface area contributed by atoms with Gasteiger partial charge >= 0.3 is 11.9 Å². The molecule has 1 aromatic carbocycles. The predicted octanol–water partition coefficient (Wildman–Crippen LogP) is 2.62. The number of esters is 2. The van der Waals surface area contributed by atoms with Crippen LogP contribution < -0.4 is 11.3 Å². The summed E-state index contributed by atoms with van der Waals surface area (Å²) in [6.45, 7) is 6.05. The highest BCUT2D eigenvalue weighted by molar-refractivity contribution is 5.92. The van der Waals surface area contributed by atoms with Crippen molar-refractivity contribution in [3.63, 3.8) is 0 Å². The van der Waals surface area contributed by atoms with Gasteiger partial charge in [-0.1, -0.05) is 32.0 Å². The van der Waals surface area contributed by atoms with Crippen molar-refractivity contribution in [3.8, 4) is 11.4 Å². The number of para-hydroxylation sites is 1. The van der Waals surface area contributed by atoms with Gasteiger partial charge in [0.1, 0.15) is 6.61 Å². The summed E-state index contributed by atoms with van der Waals surface area (Å²) < 4.78 is 11.5. The Balaban J connectivity index is 0.00000133. The van der Waals surface area contributed by atoms with E-state index >= 15 is 0 Å². The molecule has 0 radical (unpaired) electrons. The monoisotopic (exact) mass is 465 g/mol. The average molecular weight is 466 g/mol. The van der Waals surface area contributed by atoms with E-state index in [9.17, 15) is 19.5 Å². The Morgan fingerprint density at radius 2 is 2.00 bits per heavy atom. The second-order valence-corrected chi connectivity index (χ2v) is 7.80. The number of aryl methyl sites for hydroxylation is 1. The number of nitrogens with two attached hydrogens (primary N) is 1. The van der Waals surface area contributed by atoms with E-state index in [-0.39, 0.29) is 47.9 Å². The first kappa shape index (κ1) is 23.4. The third-order valence-electron chi connectivity index (χ3n) is 6.04. The van der Waals surface area contributed by atoms with E-state index < -0.39 is 12.1 Å². The molecule has 9 heteroatoms. The Kier molecular flexibility index (Phi) is 6.39. The number of nitrogens with zero attached hydrogens (tertiary/aromatic N) is 2. The van der Waals surface area contributed by atoms with Crippen LogP contribution in [0, 0.1) is 0 Å². The van der Waals surface area contributed by atoms with E-state index in [4.69, 9.17) is 20.2 Å². The summed E-state index contributed by atoms with van der Waals surface area (Å²) in [5.41, 5.74) is 9.71. The molecule has 1 unspecified atom stereocenters. The Morgan fingerprint density at radius 1 is 1.26 bits per heavy atom. The summed E-state index contributed by atoms with van der Waals surface area (Å²) in [6, 6.07) is 7.53. The van der Waals surface area contributed by atoms with E-state index in [0.717, 1.165) is 16.5 Å². The van der Waals surface area contributed by atoms with Crippen LogP contribution in [0.3, 0.4) is 0 Å². The molecule has 34 heavy (non-hydrogen) atoms. The number of hydrogen-bond acceptors (Lipinski definition) is 8. The van der Waals surface area contributed by atoms with Gasteiger partial charge in [0.2, 0.25) is 0 Å². The van der Waals surface area contributed by atoms with Gasteiger partial charge in [0.25, 0.3) is 5.56 Å². The molecule has 2 aromatic heterocycles. The Morgan fingerprint density at radius 3 is 2.74 bits per heavy atom. The Bertz CT molecular complexity index is 1360. The molecule has 0 saturated heterocycles. The number of aromatic nitrogens is 2. The molecule has 4 heterocycles. The molecule has 0 aliphatic carbocycles. The number of pyridine rings is 2. The summed E-state index contributed by atoms with van der Waals surface area (Å²) >= 11 is 0. The normalized spacial score (nSPS) is 15.5.